The molecule has 3 rings (SSSR count). The van der Waals surface area contributed by atoms with Crippen molar-refractivity contribution in [3.8, 4) is 0 Å². The Morgan fingerprint density at radius 1 is 1.22 bits per heavy atom. The quantitative estimate of drug-likeness (QED) is 0.841. The molecular weight excluding hydrogens is 315 g/mol. The third kappa shape index (κ3) is 3.86. The second kappa shape index (κ2) is 7.18. The first-order chi connectivity index (χ1) is 11.0. The summed E-state index contributed by atoms with van der Waals surface area (Å²) in [6.07, 6.45) is 3.38. The summed E-state index contributed by atoms with van der Waals surface area (Å²) in [4.78, 5) is 15.7. The number of rotatable bonds is 3. The van der Waals surface area contributed by atoms with Crippen molar-refractivity contribution in [2.75, 3.05) is 26.2 Å². The molecule has 0 spiro atoms. The van der Waals surface area contributed by atoms with Gasteiger partial charge < -0.3 is 4.90 Å². The molecular formula is C18H24ClFN2O. The van der Waals surface area contributed by atoms with Gasteiger partial charge in [-0.05, 0) is 43.7 Å². The lowest BCUT2D eigenvalue weighted by atomic mass is 9.84. The first-order valence-electron chi connectivity index (χ1n) is 8.45. The molecule has 3 nitrogen and oxygen atoms in total. The molecule has 1 amide bonds. The highest BCUT2D eigenvalue weighted by atomic mass is 35.5. The van der Waals surface area contributed by atoms with Gasteiger partial charge in [-0.3, -0.25) is 9.69 Å². The van der Waals surface area contributed by atoms with Crippen LogP contribution in [-0.4, -0.2) is 41.9 Å². The fourth-order valence-corrected chi connectivity index (χ4v) is 4.18. The number of benzene rings is 1. The molecule has 1 atom stereocenters. The molecule has 0 N–H and O–H groups in total. The largest absolute Gasteiger partial charge is 0.343 e. The summed E-state index contributed by atoms with van der Waals surface area (Å²) in [7, 11) is 0. The summed E-state index contributed by atoms with van der Waals surface area (Å²) < 4.78 is 14.0. The van der Waals surface area contributed by atoms with Gasteiger partial charge in [-0.25, -0.2) is 4.39 Å². The number of carbonyl (C=O) groups is 1. The molecule has 2 aliphatic rings. The number of nitrogens with zero attached hydrogens (tertiary/aromatic N) is 2. The summed E-state index contributed by atoms with van der Waals surface area (Å²) >= 11 is 5.86. The van der Waals surface area contributed by atoms with E-state index in [2.05, 4.69) is 4.90 Å². The number of amides is 1. The summed E-state index contributed by atoms with van der Waals surface area (Å²) in [5.41, 5.74) is 0.685. The third-order valence-electron chi connectivity index (χ3n) is 5.39. The van der Waals surface area contributed by atoms with E-state index >= 15 is 0 Å². The molecule has 2 heterocycles. The Morgan fingerprint density at radius 3 is 2.61 bits per heavy atom. The minimum atomic E-state index is -0.285. The molecule has 1 aromatic carbocycles. The number of likely N-dealkylation sites (tertiary alicyclic amines) is 2. The van der Waals surface area contributed by atoms with Crippen molar-refractivity contribution < 1.29 is 9.18 Å². The Labute approximate surface area is 142 Å². The lowest BCUT2D eigenvalue weighted by molar-refractivity contribution is -0.130. The smallest absolute Gasteiger partial charge is 0.219 e. The van der Waals surface area contributed by atoms with Crippen LogP contribution in [0.5, 0.6) is 0 Å². The maximum Gasteiger partial charge on any atom is 0.219 e. The maximum atomic E-state index is 14.0. The number of piperidine rings is 1. The van der Waals surface area contributed by atoms with Crippen LogP contribution in [0, 0.1) is 17.7 Å². The Bertz CT molecular complexity index is 572. The SMILES string of the molecule is CC(=O)N1CCC(C2CCN(Cc3cccc(Cl)c3F)C2)CC1. The molecule has 2 aliphatic heterocycles. The molecule has 2 saturated heterocycles. The predicted octanol–water partition coefficient (Wildman–Crippen LogP) is 3.56. The van der Waals surface area contributed by atoms with E-state index in [0.29, 0.717) is 23.9 Å². The first-order valence-corrected chi connectivity index (χ1v) is 8.83. The normalized spacial score (nSPS) is 23.4. The van der Waals surface area contributed by atoms with E-state index < -0.39 is 0 Å². The number of halogens is 2. The summed E-state index contributed by atoms with van der Waals surface area (Å²) in [5, 5.41) is 0.204. The van der Waals surface area contributed by atoms with Gasteiger partial charge >= 0.3 is 0 Å². The van der Waals surface area contributed by atoms with Crippen molar-refractivity contribution in [1.29, 1.82) is 0 Å². The average molecular weight is 339 g/mol. The van der Waals surface area contributed by atoms with E-state index in [1.54, 1.807) is 13.0 Å². The van der Waals surface area contributed by atoms with Gasteiger partial charge in [0.05, 0.1) is 5.02 Å². The maximum absolute atomic E-state index is 14.0. The van der Waals surface area contributed by atoms with Gasteiger partial charge in [0.2, 0.25) is 5.91 Å². The molecule has 0 saturated carbocycles. The minimum Gasteiger partial charge on any atom is -0.343 e. The van der Waals surface area contributed by atoms with Crippen LogP contribution >= 0.6 is 11.6 Å². The fraction of sp³-hybridized carbons (Fsp3) is 0.611. The number of hydrogen-bond acceptors (Lipinski definition) is 2. The standard InChI is InChI=1S/C18H24ClFN2O/c1-13(23)22-9-6-14(7-10-22)15-5-8-21(11-15)12-16-3-2-4-17(19)18(16)20/h2-4,14-15H,5-12H2,1H3. The van der Waals surface area contributed by atoms with Crippen molar-refractivity contribution in [3.63, 3.8) is 0 Å². The lowest BCUT2D eigenvalue weighted by Gasteiger charge is -2.34. The van der Waals surface area contributed by atoms with Gasteiger partial charge in [0.25, 0.3) is 0 Å². The average Bonchev–Trinajstić information content (AvgIpc) is 3.00. The molecule has 0 aliphatic carbocycles. The predicted molar refractivity (Wildman–Crippen MR) is 89.8 cm³/mol. The van der Waals surface area contributed by atoms with Crippen molar-refractivity contribution in [2.45, 2.75) is 32.7 Å². The highest BCUT2D eigenvalue weighted by Crippen LogP contribution is 2.33. The highest BCUT2D eigenvalue weighted by molar-refractivity contribution is 6.30. The van der Waals surface area contributed by atoms with E-state index in [9.17, 15) is 9.18 Å². The van der Waals surface area contributed by atoms with Crippen molar-refractivity contribution in [3.05, 3.63) is 34.6 Å². The van der Waals surface area contributed by atoms with Crippen LogP contribution in [0.25, 0.3) is 0 Å². The molecule has 126 valence electrons. The zero-order valence-electron chi connectivity index (χ0n) is 13.6. The molecule has 5 heteroatoms. The Balaban J connectivity index is 1.53. The summed E-state index contributed by atoms with van der Waals surface area (Å²) in [6, 6.07) is 5.22. The van der Waals surface area contributed by atoms with E-state index in [4.69, 9.17) is 11.6 Å². The van der Waals surface area contributed by atoms with Crippen LogP contribution in [-0.2, 0) is 11.3 Å². The van der Waals surface area contributed by atoms with Crippen molar-refractivity contribution >= 4 is 17.5 Å². The Hall–Kier alpha value is -1.13. The van der Waals surface area contributed by atoms with E-state index in [1.807, 2.05) is 17.0 Å². The second-order valence-corrected chi connectivity index (χ2v) is 7.25. The fourth-order valence-electron chi connectivity index (χ4n) is 3.99. The van der Waals surface area contributed by atoms with E-state index in [1.165, 1.54) is 6.42 Å². The van der Waals surface area contributed by atoms with Crippen LogP contribution in [0.1, 0.15) is 31.7 Å². The van der Waals surface area contributed by atoms with Gasteiger partial charge in [0.15, 0.2) is 0 Å². The molecule has 0 radical (unpaired) electrons. The van der Waals surface area contributed by atoms with Gasteiger partial charge in [0, 0.05) is 38.7 Å². The third-order valence-corrected chi connectivity index (χ3v) is 5.68. The van der Waals surface area contributed by atoms with Gasteiger partial charge in [-0.15, -0.1) is 0 Å². The molecule has 23 heavy (non-hydrogen) atoms. The van der Waals surface area contributed by atoms with E-state index in [0.717, 1.165) is 39.0 Å². The lowest BCUT2D eigenvalue weighted by Crippen LogP contribution is -2.39. The van der Waals surface area contributed by atoms with E-state index in [-0.39, 0.29) is 16.7 Å². The van der Waals surface area contributed by atoms with Crippen LogP contribution < -0.4 is 0 Å². The molecule has 1 unspecified atom stereocenters. The van der Waals surface area contributed by atoms with Crippen LogP contribution in [0.2, 0.25) is 5.02 Å². The molecule has 0 aromatic heterocycles. The Kier molecular flexibility index (Phi) is 5.22. The number of carbonyl (C=O) groups excluding carboxylic acids is 1. The van der Waals surface area contributed by atoms with Crippen LogP contribution in [0.3, 0.4) is 0 Å². The zero-order chi connectivity index (χ0) is 16.4. The first kappa shape index (κ1) is 16.7. The zero-order valence-corrected chi connectivity index (χ0v) is 14.4. The van der Waals surface area contributed by atoms with Crippen molar-refractivity contribution in [2.24, 2.45) is 11.8 Å². The molecule has 1 aromatic rings. The van der Waals surface area contributed by atoms with Crippen molar-refractivity contribution in [1.82, 2.24) is 9.80 Å². The summed E-state index contributed by atoms with van der Waals surface area (Å²) in [5.74, 6) is 1.27. The number of hydrogen-bond donors (Lipinski definition) is 0. The molecule has 0 bridgehead atoms. The topological polar surface area (TPSA) is 23.6 Å². The van der Waals surface area contributed by atoms with Gasteiger partial charge in [-0.1, -0.05) is 23.7 Å². The minimum absolute atomic E-state index is 0.188. The Morgan fingerprint density at radius 2 is 1.91 bits per heavy atom. The summed E-state index contributed by atoms with van der Waals surface area (Å²) in [6.45, 7) is 6.10. The monoisotopic (exact) mass is 338 g/mol. The van der Waals surface area contributed by atoms with Gasteiger partial charge in [0.1, 0.15) is 5.82 Å². The second-order valence-electron chi connectivity index (χ2n) is 6.84. The molecule has 2 fully saturated rings. The van der Waals surface area contributed by atoms with Crippen LogP contribution in [0.15, 0.2) is 18.2 Å². The highest BCUT2D eigenvalue weighted by Gasteiger charge is 2.32. The van der Waals surface area contributed by atoms with Gasteiger partial charge in [-0.2, -0.15) is 0 Å². The van der Waals surface area contributed by atoms with Crippen LogP contribution in [0.4, 0.5) is 4.39 Å².